The number of hydrogen-bond donors (Lipinski definition) is 0. The highest BCUT2D eigenvalue weighted by atomic mass is 32.2. The fraction of sp³-hybridized carbons (Fsp3) is 0.714. The van der Waals surface area contributed by atoms with E-state index in [1.165, 1.54) is 0 Å². The summed E-state index contributed by atoms with van der Waals surface area (Å²) in [5.74, 6) is 0.0964. The van der Waals surface area contributed by atoms with Crippen LogP contribution in [0.5, 0.6) is 0 Å². The van der Waals surface area contributed by atoms with Crippen LogP contribution in [0.1, 0.15) is 12.8 Å². The van der Waals surface area contributed by atoms with Crippen molar-refractivity contribution in [2.45, 2.75) is 18.1 Å². The SMILES string of the molecule is COCCN1C[C@H]2CCN(c3ncc(F)cn3)CC[C@H]2S1(=O)=O. The summed E-state index contributed by atoms with van der Waals surface area (Å²) in [6, 6.07) is 0. The Morgan fingerprint density at radius 3 is 2.70 bits per heavy atom. The van der Waals surface area contributed by atoms with Gasteiger partial charge in [-0.05, 0) is 18.8 Å². The first-order chi connectivity index (χ1) is 11.0. The molecule has 3 heterocycles. The maximum atomic E-state index is 12.9. The molecule has 2 saturated heterocycles. The molecule has 0 amide bonds. The minimum atomic E-state index is -3.27. The summed E-state index contributed by atoms with van der Waals surface area (Å²) in [5, 5.41) is -0.357. The molecule has 3 rings (SSSR count). The Hall–Kier alpha value is -1.32. The third-order valence-corrected chi connectivity index (χ3v) is 7.03. The fourth-order valence-electron chi connectivity index (χ4n) is 3.38. The van der Waals surface area contributed by atoms with E-state index in [1.54, 1.807) is 11.4 Å². The Morgan fingerprint density at radius 2 is 2.00 bits per heavy atom. The Balaban J connectivity index is 1.70. The molecule has 0 aromatic carbocycles. The summed E-state index contributed by atoms with van der Waals surface area (Å²) in [6.07, 6.45) is 3.57. The topological polar surface area (TPSA) is 75.6 Å². The molecule has 2 aliphatic heterocycles. The van der Waals surface area contributed by atoms with Gasteiger partial charge in [-0.1, -0.05) is 0 Å². The van der Waals surface area contributed by atoms with E-state index < -0.39 is 15.8 Å². The quantitative estimate of drug-likeness (QED) is 0.791. The van der Waals surface area contributed by atoms with Gasteiger partial charge in [0.1, 0.15) is 0 Å². The van der Waals surface area contributed by atoms with Gasteiger partial charge < -0.3 is 9.64 Å². The minimum Gasteiger partial charge on any atom is -0.383 e. The lowest BCUT2D eigenvalue weighted by molar-refractivity contribution is 0.178. The van der Waals surface area contributed by atoms with E-state index in [9.17, 15) is 12.8 Å². The molecule has 1 aromatic rings. The van der Waals surface area contributed by atoms with E-state index in [0.29, 0.717) is 45.2 Å². The van der Waals surface area contributed by atoms with Crippen molar-refractivity contribution in [3.63, 3.8) is 0 Å². The number of anilines is 1. The van der Waals surface area contributed by atoms with E-state index in [0.717, 1.165) is 18.8 Å². The first kappa shape index (κ1) is 16.5. The number of rotatable bonds is 4. The molecular formula is C14H21FN4O3S. The molecule has 9 heteroatoms. The molecule has 128 valence electrons. The van der Waals surface area contributed by atoms with Gasteiger partial charge in [-0.15, -0.1) is 0 Å². The zero-order chi connectivity index (χ0) is 16.4. The summed E-state index contributed by atoms with van der Waals surface area (Å²) in [7, 11) is -1.70. The molecule has 0 N–H and O–H groups in total. The molecule has 0 aliphatic carbocycles. The van der Waals surface area contributed by atoms with Crippen molar-refractivity contribution in [1.82, 2.24) is 14.3 Å². The predicted molar refractivity (Wildman–Crippen MR) is 83.1 cm³/mol. The highest BCUT2D eigenvalue weighted by Gasteiger charge is 2.46. The second-order valence-electron chi connectivity index (χ2n) is 5.96. The predicted octanol–water partition coefficient (Wildman–Crippen LogP) is 0.492. The normalized spacial score (nSPS) is 27.7. The number of hydrogen-bond acceptors (Lipinski definition) is 6. The molecule has 0 saturated carbocycles. The fourth-order valence-corrected chi connectivity index (χ4v) is 5.60. The Kier molecular flexibility index (Phi) is 4.79. The van der Waals surface area contributed by atoms with Crippen LogP contribution < -0.4 is 4.90 Å². The van der Waals surface area contributed by atoms with Gasteiger partial charge in [-0.3, -0.25) is 0 Å². The standard InChI is InChI=1S/C14H21FN4O3S/c1-22-7-6-19-10-11-2-4-18(5-3-13(11)23(19,20)21)14-16-8-12(15)9-17-14/h8-9,11,13H,2-7,10H2,1H3/t11-,13-/m1/s1. The van der Waals surface area contributed by atoms with Crippen molar-refractivity contribution >= 4 is 16.0 Å². The van der Waals surface area contributed by atoms with Crippen LogP contribution in [0.3, 0.4) is 0 Å². The largest absolute Gasteiger partial charge is 0.383 e. The molecule has 0 radical (unpaired) electrons. The van der Waals surface area contributed by atoms with Crippen LogP contribution in [0.25, 0.3) is 0 Å². The smallest absolute Gasteiger partial charge is 0.225 e. The van der Waals surface area contributed by atoms with Gasteiger partial charge in [0, 0.05) is 33.3 Å². The molecule has 7 nitrogen and oxygen atoms in total. The third kappa shape index (κ3) is 3.31. The van der Waals surface area contributed by atoms with E-state index in [-0.39, 0.29) is 11.2 Å². The third-order valence-electron chi connectivity index (χ3n) is 4.59. The van der Waals surface area contributed by atoms with Crippen molar-refractivity contribution < 1.29 is 17.5 Å². The van der Waals surface area contributed by atoms with Crippen LogP contribution in [0.4, 0.5) is 10.3 Å². The molecule has 0 bridgehead atoms. The van der Waals surface area contributed by atoms with Crippen LogP contribution in [0.15, 0.2) is 12.4 Å². The second-order valence-corrected chi connectivity index (χ2v) is 8.11. The number of fused-ring (bicyclic) bond motifs is 1. The summed E-state index contributed by atoms with van der Waals surface area (Å²) in [5.41, 5.74) is 0. The van der Waals surface area contributed by atoms with Gasteiger partial charge in [0.2, 0.25) is 16.0 Å². The summed E-state index contributed by atoms with van der Waals surface area (Å²) >= 11 is 0. The van der Waals surface area contributed by atoms with Crippen molar-refractivity contribution in [1.29, 1.82) is 0 Å². The molecule has 0 spiro atoms. The second kappa shape index (κ2) is 6.66. The van der Waals surface area contributed by atoms with Crippen LogP contribution in [0.2, 0.25) is 0 Å². The molecule has 23 heavy (non-hydrogen) atoms. The lowest BCUT2D eigenvalue weighted by Gasteiger charge is -2.21. The van der Waals surface area contributed by atoms with Gasteiger partial charge >= 0.3 is 0 Å². The number of nitrogens with zero attached hydrogens (tertiary/aromatic N) is 4. The van der Waals surface area contributed by atoms with E-state index in [1.807, 2.05) is 4.90 Å². The van der Waals surface area contributed by atoms with Crippen LogP contribution >= 0.6 is 0 Å². The monoisotopic (exact) mass is 344 g/mol. The molecular weight excluding hydrogens is 323 g/mol. The first-order valence-corrected chi connectivity index (χ1v) is 9.23. The zero-order valence-corrected chi connectivity index (χ0v) is 13.9. The van der Waals surface area contributed by atoms with E-state index in [2.05, 4.69) is 9.97 Å². The number of aromatic nitrogens is 2. The molecule has 2 atom stereocenters. The number of ether oxygens (including phenoxy) is 1. The minimum absolute atomic E-state index is 0.113. The molecule has 0 unspecified atom stereocenters. The van der Waals surface area contributed by atoms with Gasteiger partial charge in [0.05, 0.1) is 24.3 Å². The van der Waals surface area contributed by atoms with E-state index >= 15 is 0 Å². The highest BCUT2D eigenvalue weighted by molar-refractivity contribution is 7.90. The van der Waals surface area contributed by atoms with E-state index in [4.69, 9.17) is 4.74 Å². The Bertz CT molecular complexity index is 640. The maximum absolute atomic E-state index is 12.9. The van der Waals surface area contributed by atoms with Crippen molar-refractivity contribution in [2.75, 3.05) is 44.8 Å². The number of methoxy groups -OCH3 is 1. The van der Waals surface area contributed by atoms with Crippen molar-refractivity contribution in [3.05, 3.63) is 18.2 Å². The molecule has 2 aliphatic rings. The van der Waals surface area contributed by atoms with Crippen molar-refractivity contribution in [2.24, 2.45) is 5.92 Å². The lowest BCUT2D eigenvalue weighted by Crippen LogP contribution is -2.34. The van der Waals surface area contributed by atoms with Crippen molar-refractivity contribution in [3.8, 4) is 0 Å². The van der Waals surface area contributed by atoms with Crippen LogP contribution in [0, 0.1) is 11.7 Å². The first-order valence-electron chi connectivity index (χ1n) is 7.73. The molecule has 1 aromatic heterocycles. The lowest BCUT2D eigenvalue weighted by atomic mass is 10.0. The Morgan fingerprint density at radius 1 is 1.30 bits per heavy atom. The van der Waals surface area contributed by atoms with Gasteiger partial charge in [-0.2, -0.15) is 4.31 Å². The summed E-state index contributed by atoms with van der Waals surface area (Å²) in [6.45, 7) is 2.61. The van der Waals surface area contributed by atoms with Crippen LogP contribution in [-0.2, 0) is 14.8 Å². The summed E-state index contributed by atoms with van der Waals surface area (Å²) < 4.78 is 44.8. The van der Waals surface area contributed by atoms with Gasteiger partial charge in [0.25, 0.3) is 0 Å². The average molecular weight is 344 g/mol. The van der Waals surface area contributed by atoms with Crippen LogP contribution in [-0.4, -0.2) is 67.8 Å². The number of sulfonamides is 1. The maximum Gasteiger partial charge on any atom is 0.225 e. The summed E-state index contributed by atoms with van der Waals surface area (Å²) in [4.78, 5) is 9.92. The average Bonchev–Trinajstić information content (AvgIpc) is 2.68. The molecule has 2 fully saturated rings. The Labute approximate surface area is 135 Å². The van der Waals surface area contributed by atoms with Gasteiger partial charge in [-0.25, -0.2) is 22.8 Å². The van der Waals surface area contributed by atoms with Gasteiger partial charge in [0.15, 0.2) is 5.82 Å². The highest BCUT2D eigenvalue weighted by Crippen LogP contribution is 2.34. The zero-order valence-electron chi connectivity index (χ0n) is 13.1. The number of halogens is 1.